The lowest BCUT2D eigenvalue weighted by Crippen LogP contribution is -2.52. The summed E-state index contributed by atoms with van der Waals surface area (Å²) in [7, 11) is -3.71. The van der Waals surface area contributed by atoms with Gasteiger partial charge >= 0.3 is 0 Å². The average Bonchev–Trinajstić information content (AvgIpc) is 2.38. The molecule has 0 aliphatic carbocycles. The molecule has 1 saturated heterocycles. The SMILES string of the molecule is Cc1c([N+](=O)[O-])cccc1S(=O)(=O)N1CCNCC1C.Cl. The molecule has 1 aliphatic heterocycles. The van der Waals surface area contributed by atoms with E-state index in [-0.39, 0.29) is 34.6 Å². The lowest BCUT2D eigenvalue weighted by atomic mass is 10.2. The number of piperazine rings is 1. The van der Waals surface area contributed by atoms with E-state index in [1.807, 2.05) is 6.92 Å². The van der Waals surface area contributed by atoms with Gasteiger partial charge in [-0.2, -0.15) is 4.31 Å². The second kappa shape index (κ2) is 6.69. The van der Waals surface area contributed by atoms with Crippen molar-refractivity contribution in [1.29, 1.82) is 0 Å². The predicted molar refractivity (Wildman–Crippen MR) is 81.3 cm³/mol. The highest BCUT2D eigenvalue weighted by molar-refractivity contribution is 7.89. The standard InChI is InChI=1S/C12H17N3O4S.ClH/c1-9-8-13-6-7-14(9)20(18,19)12-5-3-4-11(10(12)2)15(16)17;/h3-5,9,13H,6-8H2,1-2H3;1H. The zero-order valence-corrected chi connectivity index (χ0v) is 13.4. The Bertz CT molecular complexity index is 635. The predicted octanol–water partition coefficient (Wildman–Crippen LogP) is 1.31. The number of sulfonamides is 1. The highest BCUT2D eigenvalue weighted by atomic mass is 35.5. The molecule has 1 fully saturated rings. The Morgan fingerprint density at radius 1 is 1.43 bits per heavy atom. The summed E-state index contributed by atoms with van der Waals surface area (Å²) in [6.45, 7) is 4.81. The van der Waals surface area contributed by atoms with Gasteiger partial charge in [-0.25, -0.2) is 8.42 Å². The zero-order chi connectivity index (χ0) is 14.9. The Morgan fingerprint density at radius 3 is 2.67 bits per heavy atom. The molecule has 1 unspecified atom stereocenters. The highest BCUT2D eigenvalue weighted by Gasteiger charge is 2.33. The van der Waals surface area contributed by atoms with Gasteiger partial charge in [-0.05, 0) is 19.9 Å². The van der Waals surface area contributed by atoms with Crippen LogP contribution in [-0.2, 0) is 10.0 Å². The largest absolute Gasteiger partial charge is 0.314 e. The van der Waals surface area contributed by atoms with Crippen molar-refractivity contribution in [3.8, 4) is 0 Å². The lowest BCUT2D eigenvalue weighted by molar-refractivity contribution is -0.385. The molecule has 21 heavy (non-hydrogen) atoms. The molecule has 0 aromatic heterocycles. The highest BCUT2D eigenvalue weighted by Crippen LogP contribution is 2.28. The minimum absolute atomic E-state index is 0. The minimum Gasteiger partial charge on any atom is -0.314 e. The van der Waals surface area contributed by atoms with Crippen LogP contribution >= 0.6 is 12.4 Å². The average molecular weight is 336 g/mol. The molecule has 1 aromatic carbocycles. The van der Waals surface area contributed by atoms with Gasteiger partial charge in [0.2, 0.25) is 10.0 Å². The van der Waals surface area contributed by atoms with Gasteiger partial charge in [-0.3, -0.25) is 10.1 Å². The summed E-state index contributed by atoms with van der Waals surface area (Å²) in [6, 6.07) is 3.97. The van der Waals surface area contributed by atoms with Gasteiger partial charge in [-0.15, -0.1) is 12.4 Å². The first kappa shape index (κ1) is 17.8. The Morgan fingerprint density at radius 2 is 2.10 bits per heavy atom. The first-order valence-corrected chi connectivity index (χ1v) is 7.76. The van der Waals surface area contributed by atoms with E-state index in [1.54, 1.807) is 0 Å². The third-order valence-electron chi connectivity index (χ3n) is 3.48. The van der Waals surface area contributed by atoms with E-state index in [2.05, 4.69) is 5.32 Å². The summed E-state index contributed by atoms with van der Waals surface area (Å²) in [4.78, 5) is 10.4. The van der Waals surface area contributed by atoms with Gasteiger partial charge < -0.3 is 5.32 Å². The van der Waals surface area contributed by atoms with E-state index >= 15 is 0 Å². The summed E-state index contributed by atoms with van der Waals surface area (Å²) in [6.07, 6.45) is 0. The molecule has 0 bridgehead atoms. The van der Waals surface area contributed by atoms with Crippen molar-refractivity contribution in [2.45, 2.75) is 24.8 Å². The molecule has 1 heterocycles. The summed E-state index contributed by atoms with van der Waals surface area (Å²) in [5.74, 6) is 0. The van der Waals surface area contributed by atoms with Gasteiger partial charge in [-0.1, -0.05) is 6.07 Å². The third-order valence-corrected chi connectivity index (χ3v) is 5.64. The fraction of sp³-hybridized carbons (Fsp3) is 0.500. The molecule has 0 spiro atoms. The minimum atomic E-state index is -3.71. The topological polar surface area (TPSA) is 92.5 Å². The molecule has 1 aliphatic rings. The molecule has 118 valence electrons. The fourth-order valence-electron chi connectivity index (χ4n) is 2.39. The van der Waals surface area contributed by atoms with Crippen molar-refractivity contribution in [1.82, 2.24) is 9.62 Å². The maximum atomic E-state index is 12.7. The first-order chi connectivity index (χ1) is 9.35. The summed E-state index contributed by atoms with van der Waals surface area (Å²) in [5, 5.41) is 14.0. The summed E-state index contributed by atoms with van der Waals surface area (Å²) in [5.41, 5.74) is 0.0112. The van der Waals surface area contributed by atoms with Gasteiger partial charge in [0.05, 0.1) is 9.82 Å². The van der Waals surface area contributed by atoms with Gasteiger partial charge in [0.15, 0.2) is 0 Å². The van der Waals surface area contributed by atoms with Gasteiger partial charge in [0.25, 0.3) is 5.69 Å². The van der Waals surface area contributed by atoms with Crippen LogP contribution in [0, 0.1) is 17.0 Å². The van der Waals surface area contributed by atoms with E-state index in [0.29, 0.717) is 19.6 Å². The lowest BCUT2D eigenvalue weighted by Gasteiger charge is -2.33. The van der Waals surface area contributed by atoms with Crippen LogP contribution in [-0.4, -0.2) is 43.3 Å². The smallest absolute Gasteiger partial charge is 0.273 e. The Kier molecular flexibility index (Phi) is 5.68. The van der Waals surface area contributed by atoms with E-state index in [0.717, 1.165) is 0 Å². The molecule has 1 atom stereocenters. The van der Waals surface area contributed by atoms with Crippen molar-refractivity contribution in [2.24, 2.45) is 0 Å². The number of hydrogen-bond acceptors (Lipinski definition) is 5. The molecule has 2 rings (SSSR count). The first-order valence-electron chi connectivity index (χ1n) is 6.32. The molecular formula is C12H18ClN3O4S. The molecule has 0 saturated carbocycles. The second-order valence-electron chi connectivity index (χ2n) is 4.83. The number of rotatable bonds is 3. The third kappa shape index (κ3) is 3.34. The van der Waals surface area contributed by atoms with E-state index in [9.17, 15) is 18.5 Å². The quantitative estimate of drug-likeness (QED) is 0.664. The second-order valence-corrected chi connectivity index (χ2v) is 6.69. The molecule has 1 N–H and O–H groups in total. The van der Waals surface area contributed by atoms with Gasteiger partial charge in [0.1, 0.15) is 0 Å². The van der Waals surface area contributed by atoms with Crippen LogP contribution in [0.25, 0.3) is 0 Å². The molecule has 0 radical (unpaired) electrons. The van der Waals surface area contributed by atoms with E-state index in [1.165, 1.54) is 29.4 Å². The Balaban J connectivity index is 0.00000220. The fourth-order valence-corrected chi connectivity index (χ4v) is 4.26. The van der Waals surface area contributed by atoms with Gasteiger partial charge in [0, 0.05) is 37.3 Å². The van der Waals surface area contributed by atoms with Crippen LogP contribution in [0.3, 0.4) is 0 Å². The van der Waals surface area contributed by atoms with Crippen molar-refractivity contribution in [3.63, 3.8) is 0 Å². The van der Waals surface area contributed by atoms with Crippen molar-refractivity contribution >= 4 is 28.1 Å². The van der Waals surface area contributed by atoms with Crippen LogP contribution in [0.5, 0.6) is 0 Å². The number of hydrogen-bond donors (Lipinski definition) is 1. The van der Waals surface area contributed by atoms with Crippen molar-refractivity contribution in [3.05, 3.63) is 33.9 Å². The number of halogens is 1. The summed E-state index contributed by atoms with van der Waals surface area (Å²) >= 11 is 0. The number of nitrogens with zero attached hydrogens (tertiary/aromatic N) is 2. The number of nitro groups is 1. The van der Waals surface area contributed by atoms with Crippen LogP contribution in [0.15, 0.2) is 23.1 Å². The number of benzene rings is 1. The van der Waals surface area contributed by atoms with Crippen molar-refractivity contribution in [2.75, 3.05) is 19.6 Å². The molecule has 0 amide bonds. The van der Waals surface area contributed by atoms with Crippen molar-refractivity contribution < 1.29 is 13.3 Å². The normalized spacial score (nSPS) is 19.8. The van der Waals surface area contributed by atoms with Crippen LogP contribution < -0.4 is 5.32 Å². The van der Waals surface area contributed by atoms with E-state index < -0.39 is 14.9 Å². The monoisotopic (exact) mass is 335 g/mol. The Hall–Kier alpha value is -1.22. The molecule has 9 heteroatoms. The zero-order valence-electron chi connectivity index (χ0n) is 11.8. The van der Waals surface area contributed by atoms with Crippen LogP contribution in [0.4, 0.5) is 5.69 Å². The molecule has 1 aromatic rings. The van der Waals surface area contributed by atoms with Crippen LogP contribution in [0.2, 0.25) is 0 Å². The Labute approximate surface area is 129 Å². The van der Waals surface area contributed by atoms with E-state index in [4.69, 9.17) is 0 Å². The number of nitrogens with one attached hydrogen (secondary N) is 1. The van der Waals surface area contributed by atoms with Crippen LogP contribution in [0.1, 0.15) is 12.5 Å². The molecular weight excluding hydrogens is 318 g/mol. The number of nitro benzene ring substituents is 1. The maximum absolute atomic E-state index is 12.7. The summed E-state index contributed by atoms with van der Waals surface area (Å²) < 4.78 is 26.7. The maximum Gasteiger partial charge on any atom is 0.273 e. The molecule has 7 nitrogen and oxygen atoms in total.